The number of aliphatic hydroxyl groups is 1. The fourth-order valence-electron chi connectivity index (χ4n) is 3.64. The third-order valence-electron chi connectivity index (χ3n) is 4.93. The summed E-state index contributed by atoms with van der Waals surface area (Å²) in [5, 5.41) is 13.7. The van der Waals surface area contributed by atoms with Crippen LogP contribution in [0.4, 0.5) is 0 Å². The first-order chi connectivity index (χ1) is 12.1. The molecule has 0 aliphatic carbocycles. The highest BCUT2D eigenvalue weighted by Gasteiger charge is 2.36. The zero-order chi connectivity index (χ0) is 17.4. The van der Waals surface area contributed by atoms with Gasteiger partial charge in [0.05, 0.1) is 30.6 Å². The Morgan fingerprint density at radius 1 is 1.32 bits per heavy atom. The number of aliphatic hydroxyl groups excluding tert-OH is 1. The molecule has 3 heterocycles. The molecule has 4 rings (SSSR count). The molecule has 1 unspecified atom stereocenters. The first kappa shape index (κ1) is 16.1. The second-order valence-corrected chi connectivity index (χ2v) is 6.61. The van der Waals surface area contributed by atoms with Crippen LogP contribution in [0.5, 0.6) is 5.75 Å². The molecule has 0 bridgehead atoms. The monoisotopic (exact) mass is 338 g/mol. The molecule has 130 valence electrons. The van der Waals surface area contributed by atoms with E-state index in [1.165, 1.54) is 0 Å². The minimum absolute atomic E-state index is 0.0143. The maximum Gasteiger partial charge on any atom is 0.234 e. The van der Waals surface area contributed by atoms with Crippen LogP contribution in [0.25, 0.3) is 5.78 Å². The lowest BCUT2D eigenvalue weighted by Crippen LogP contribution is -2.48. The average molecular weight is 338 g/mol. The molecule has 0 spiro atoms. The van der Waals surface area contributed by atoms with Gasteiger partial charge in [0.1, 0.15) is 5.75 Å². The average Bonchev–Trinajstić information content (AvgIpc) is 3.03. The minimum Gasteiger partial charge on any atom is -0.493 e. The van der Waals surface area contributed by atoms with Gasteiger partial charge in [-0.25, -0.2) is 9.97 Å². The summed E-state index contributed by atoms with van der Waals surface area (Å²) in [6.07, 6.45) is 2.56. The quantitative estimate of drug-likeness (QED) is 0.762. The Morgan fingerprint density at radius 2 is 2.16 bits per heavy atom. The Hall–Kier alpha value is -2.44. The standard InChI is InChI=1S/C19H22N4O2/c1-13-9-14(2)23-15(10-20-18(23)22-13)11-21-19(12-24)7-8-25-17-6-4-3-5-16(17)19/h3-6,9-10,21,24H,7-8,11-12H2,1-2H3. The van der Waals surface area contributed by atoms with E-state index in [1.807, 2.05) is 43.5 Å². The van der Waals surface area contributed by atoms with E-state index in [-0.39, 0.29) is 6.61 Å². The van der Waals surface area contributed by atoms with Crippen LogP contribution in [0.2, 0.25) is 0 Å². The Labute approximate surface area is 146 Å². The lowest BCUT2D eigenvalue weighted by Gasteiger charge is -2.38. The van der Waals surface area contributed by atoms with Gasteiger partial charge in [-0.2, -0.15) is 0 Å². The summed E-state index contributed by atoms with van der Waals surface area (Å²) in [4.78, 5) is 8.90. The fourth-order valence-corrected chi connectivity index (χ4v) is 3.64. The predicted octanol–water partition coefficient (Wildman–Crippen LogP) is 2.11. The first-order valence-corrected chi connectivity index (χ1v) is 8.52. The molecule has 6 heteroatoms. The lowest BCUT2D eigenvalue weighted by atomic mass is 9.85. The van der Waals surface area contributed by atoms with Crippen molar-refractivity contribution in [2.24, 2.45) is 0 Å². The third-order valence-corrected chi connectivity index (χ3v) is 4.93. The summed E-state index contributed by atoms with van der Waals surface area (Å²) in [6, 6.07) is 9.94. The number of nitrogens with one attached hydrogen (secondary N) is 1. The number of aromatic nitrogens is 3. The summed E-state index contributed by atoms with van der Waals surface area (Å²) in [7, 11) is 0. The highest BCUT2D eigenvalue weighted by molar-refractivity contribution is 5.41. The van der Waals surface area contributed by atoms with Crippen molar-refractivity contribution < 1.29 is 9.84 Å². The van der Waals surface area contributed by atoms with Crippen molar-refractivity contribution in [2.45, 2.75) is 32.4 Å². The summed E-state index contributed by atoms with van der Waals surface area (Å²) in [5.74, 6) is 1.54. The van der Waals surface area contributed by atoms with Crippen LogP contribution in [0, 0.1) is 13.8 Å². The van der Waals surface area contributed by atoms with Gasteiger partial charge in [0.15, 0.2) is 0 Å². The minimum atomic E-state index is -0.509. The predicted molar refractivity (Wildman–Crippen MR) is 94.6 cm³/mol. The number of aryl methyl sites for hydroxylation is 2. The van der Waals surface area contributed by atoms with Crippen LogP contribution in [0.1, 0.15) is 29.1 Å². The summed E-state index contributed by atoms with van der Waals surface area (Å²) in [6.45, 7) is 5.21. The number of nitrogens with zero attached hydrogens (tertiary/aromatic N) is 3. The molecule has 0 saturated heterocycles. The summed E-state index contributed by atoms with van der Waals surface area (Å²) >= 11 is 0. The fraction of sp³-hybridized carbons (Fsp3) is 0.368. The molecule has 1 aliphatic heterocycles. The van der Waals surface area contributed by atoms with Crippen LogP contribution < -0.4 is 10.1 Å². The Kier molecular flexibility index (Phi) is 3.94. The maximum absolute atomic E-state index is 10.2. The normalized spacial score (nSPS) is 19.6. The van der Waals surface area contributed by atoms with Crippen molar-refractivity contribution in [1.82, 2.24) is 19.7 Å². The molecule has 3 aromatic rings. The molecule has 25 heavy (non-hydrogen) atoms. The molecule has 0 fully saturated rings. The Bertz CT molecular complexity index is 921. The molecule has 6 nitrogen and oxygen atoms in total. The molecule has 0 amide bonds. The second kappa shape index (κ2) is 6.13. The van der Waals surface area contributed by atoms with E-state index in [9.17, 15) is 5.11 Å². The topological polar surface area (TPSA) is 71.7 Å². The van der Waals surface area contributed by atoms with Crippen molar-refractivity contribution in [1.29, 1.82) is 0 Å². The van der Waals surface area contributed by atoms with Gasteiger partial charge in [0.2, 0.25) is 5.78 Å². The van der Waals surface area contributed by atoms with E-state index in [0.717, 1.165) is 28.4 Å². The van der Waals surface area contributed by atoms with Gasteiger partial charge in [-0.05, 0) is 26.0 Å². The number of fused-ring (bicyclic) bond motifs is 2. The highest BCUT2D eigenvalue weighted by Crippen LogP contribution is 2.36. The smallest absolute Gasteiger partial charge is 0.234 e. The van der Waals surface area contributed by atoms with E-state index in [2.05, 4.69) is 26.6 Å². The summed E-state index contributed by atoms with van der Waals surface area (Å²) in [5.41, 5.74) is 3.58. The highest BCUT2D eigenvalue weighted by atomic mass is 16.5. The SMILES string of the molecule is Cc1cc(C)n2c(CNC3(CO)CCOc4ccccc43)cnc2n1. The molecular formula is C19H22N4O2. The maximum atomic E-state index is 10.2. The number of benzene rings is 1. The van der Waals surface area contributed by atoms with Crippen LogP contribution >= 0.6 is 0 Å². The lowest BCUT2D eigenvalue weighted by molar-refractivity contribution is 0.105. The molecule has 1 aromatic carbocycles. The molecule has 2 N–H and O–H groups in total. The number of imidazole rings is 1. The van der Waals surface area contributed by atoms with Crippen LogP contribution in [0.3, 0.4) is 0 Å². The van der Waals surface area contributed by atoms with E-state index >= 15 is 0 Å². The second-order valence-electron chi connectivity index (χ2n) is 6.61. The molecular weight excluding hydrogens is 316 g/mol. The summed E-state index contributed by atoms with van der Waals surface area (Å²) < 4.78 is 7.79. The molecule has 0 radical (unpaired) electrons. The largest absolute Gasteiger partial charge is 0.493 e. The molecule has 2 aromatic heterocycles. The number of hydrogen-bond donors (Lipinski definition) is 2. The first-order valence-electron chi connectivity index (χ1n) is 8.52. The van der Waals surface area contributed by atoms with Gasteiger partial charge >= 0.3 is 0 Å². The van der Waals surface area contributed by atoms with Gasteiger partial charge < -0.3 is 9.84 Å². The zero-order valence-electron chi connectivity index (χ0n) is 14.5. The zero-order valence-corrected chi connectivity index (χ0v) is 14.5. The Balaban J connectivity index is 1.67. The number of para-hydroxylation sites is 1. The van der Waals surface area contributed by atoms with Gasteiger partial charge in [0.25, 0.3) is 0 Å². The van der Waals surface area contributed by atoms with Gasteiger partial charge in [-0.3, -0.25) is 9.72 Å². The van der Waals surface area contributed by atoms with Crippen LogP contribution in [0.15, 0.2) is 36.5 Å². The number of hydrogen-bond acceptors (Lipinski definition) is 5. The third kappa shape index (κ3) is 2.67. The van der Waals surface area contributed by atoms with Crippen molar-refractivity contribution in [3.8, 4) is 5.75 Å². The van der Waals surface area contributed by atoms with E-state index < -0.39 is 5.54 Å². The van der Waals surface area contributed by atoms with Crippen molar-refractivity contribution in [3.63, 3.8) is 0 Å². The van der Waals surface area contributed by atoms with Crippen molar-refractivity contribution >= 4 is 5.78 Å². The van der Waals surface area contributed by atoms with Crippen molar-refractivity contribution in [3.05, 3.63) is 59.2 Å². The molecule has 1 aliphatic rings. The molecule has 1 atom stereocenters. The number of rotatable bonds is 4. The van der Waals surface area contributed by atoms with Crippen LogP contribution in [-0.4, -0.2) is 32.7 Å². The van der Waals surface area contributed by atoms with Gasteiger partial charge in [-0.15, -0.1) is 0 Å². The van der Waals surface area contributed by atoms with E-state index in [4.69, 9.17) is 4.74 Å². The van der Waals surface area contributed by atoms with Gasteiger partial charge in [-0.1, -0.05) is 18.2 Å². The van der Waals surface area contributed by atoms with E-state index in [0.29, 0.717) is 25.4 Å². The van der Waals surface area contributed by atoms with Crippen LogP contribution in [-0.2, 0) is 12.1 Å². The van der Waals surface area contributed by atoms with Crippen molar-refractivity contribution in [2.75, 3.05) is 13.2 Å². The number of ether oxygens (including phenoxy) is 1. The van der Waals surface area contributed by atoms with E-state index in [1.54, 1.807) is 0 Å². The van der Waals surface area contributed by atoms with Gasteiger partial charge in [0, 0.05) is 29.9 Å². The molecule has 0 saturated carbocycles. The Morgan fingerprint density at radius 3 is 3.00 bits per heavy atom.